The number of carbonyl (C=O) groups excluding carboxylic acids is 1. The third-order valence-electron chi connectivity index (χ3n) is 4.02. The molecule has 1 aliphatic heterocycles. The van der Waals surface area contributed by atoms with E-state index in [-0.39, 0.29) is 11.7 Å². The third kappa shape index (κ3) is 3.41. The van der Waals surface area contributed by atoms with E-state index in [2.05, 4.69) is 10.3 Å². The van der Waals surface area contributed by atoms with Crippen molar-refractivity contribution >= 4 is 27.3 Å². The van der Waals surface area contributed by atoms with Crippen molar-refractivity contribution in [3.05, 3.63) is 53.9 Å². The maximum atomic E-state index is 12.2. The molecule has 7 heteroatoms. The van der Waals surface area contributed by atoms with Crippen LogP contribution in [0.25, 0.3) is 0 Å². The molecule has 126 valence electrons. The maximum Gasteiger partial charge on any atom is 0.255 e. The molecule has 0 radical (unpaired) electrons. The standard InChI is InChI=1S/C17H19N3O3S/c1-13-12-15(19-17(21)14-6-8-18-9-7-14)4-5-16(13)20-10-2-3-11-24(20,22)23/h4-9,12H,2-3,10-11H2,1H3,(H,19,21). The van der Waals surface area contributed by atoms with E-state index in [1.54, 1.807) is 42.7 Å². The number of nitrogens with one attached hydrogen (secondary N) is 1. The van der Waals surface area contributed by atoms with Crippen molar-refractivity contribution in [1.29, 1.82) is 0 Å². The van der Waals surface area contributed by atoms with Crippen LogP contribution < -0.4 is 9.62 Å². The number of hydrogen-bond donors (Lipinski definition) is 1. The number of aromatic nitrogens is 1. The van der Waals surface area contributed by atoms with E-state index in [0.29, 0.717) is 29.9 Å². The number of nitrogens with zero attached hydrogens (tertiary/aromatic N) is 2. The minimum Gasteiger partial charge on any atom is -0.322 e. The van der Waals surface area contributed by atoms with Crippen LogP contribution in [-0.4, -0.2) is 31.6 Å². The fourth-order valence-electron chi connectivity index (χ4n) is 2.78. The van der Waals surface area contributed by atoms with E-state index < -0.39 is 10.0 Å². The van der Waals surface area contributed by atoms with Crippen molar-refractivity contribution < 1.29 is 13.2 Å². The minimum absolute atomic E-state index is 0.187. The van der Waals surface area contributed by atoms with Gasteiger partial charge in [-0.2, -0.15) is 0 Å². The summed E-state index contributed by atoms with van der Waals surface area (Å²) in [4.78, 5) is 16.1. The lowest BCUT2D eigenvalue weighted by Gasteiger charge is -2.29. The lowest BCUT2D eigenvalue weighted by molar-refractivity contribution is 0.102. The number of pyridine rings is 1. The molecular formula is C17H19N3O3S. The molecule has 0 bridgehead atoms. The first-order valence-corrected chi connectivity index (χ1v) is 9.41. The molecule has 1 aromatic carbocycles. The summed E-state index contributed by atoms with van der Waals surface area (Å²) >= 11 is 0. The van der Waals surface area contributed by atoms with Crippen LogP contribution >= 0.6 is 0 Å². The van der Waals surface area contributed by atoms with Gasteiger partial charge in [0.15, 0.2) is 0 Å². The highest BCUT2D eigenvalue weighted by molar-refractivity contribution is 7.92. The van der Waals surface area contributed by atoms with Gasteiger partial charge in [-0.05, 0) is 55.7 Å². The van der Waals surface area contributed by atoms with Crippen LogP contribution in [0.15, 0.2) is 42.7 Å². The molecule has 6 nitrogen and oxygen atoms in total. The SMILES string of the molecule is Cc1cc(NC(=O)c2ccncc2)ccc1N1CCCCS1(=O)=O. The van der Waals surface area contributed by atoms with Gasteiger partial charge in [-0.15, -0.1) is 0 Å². The highest BCUT2D eigenvalue weighted by Gasteiger charge is 2.27. The van der Waals surface area contributed by atoms with Crippen molar-refractivity contribution in [2.45, 2.75) is 19.8 Å². The van der Waals surface area contributed by atoms with E-state index >= 15 is 0 Å². The Morgan fingerprint density at radius 2 is 1.92 bits per heavy atom. The van der Waals surface area contributed by atoms with Crippen LogP contribution in [0.1, 0.15) is 28.8 Å². The van der Waals surface area contributed by atoms with E-state index in [0.717, 1.165) is 12.0 Å². The lowest BCUT2D eigenvalue weighted by atomic mass is 10.1. The number of aryl methyl sites for hydroxylation is 1. The number of amides is 1. The zero-order valence-corrected chi connectivity index (χ0v) is 14.2. The average Bonchev–Trinajstić information content (AvgIpc) is 2.56. The van der Waals surface area contributed by atoms with Crippen molar-refractivity contribution in [3.8, 4) is 0 Å². The molecule has 1 N–H and O–H groups in total. The summed E-state index contributed by atoms with van der Waals surface area (Å²) in [5.74, 6) is -0.0392. The van der Waals surface area contributed by atoms with Gasteiger partial charge in [0, 0.05) is 30.2 Å². The summed E-state index contributed by atoms with van der Waals surface area (Å²) in [6, 6.07) is 8.54. The monoisotopic (exact) mass is 345 g/mol. The second-order valence-corrected chi connectivity index (χ2v) is 7.80. The Balaban J connectivity index is 1.81. The van der Waals surface area contributed by atoms with Gasteiger partial charge in [0.05, 0.1) is 11.4 Å². The summed E-state index contributed by atoms with van der Waals surface area (Å²) < 4.78 is 25.9. The fourth-order valence-corrected chi connectivity index (χ4v) is 4.48. The predicted octanol–water partition coefficient (Wildman–Crippen LogP) is 2.57. The van der Waals surface area contributed by atoms with Crippen LogP contribution in [0.5, 0.6) is 0 Å². The van der Waals surface area contributed by atoms with Gasteiger partial charge in [-0.25, -0.2) is 8.42 Å². The average molecular weight is 345 g/mol. The molecular weight excluding hydrogens is 326 g/mol. The Morgan fingerprint density at radius 1 is 1.17 bits per heavy atom. The molecule has 0 atom stereocenters. The molecule has 1 fully saturated rings. The van der Waals surface area contributed by atoms with Gasteiger partial charge in [-0.1, -0.05) is 0 Å². The van der Waals surface area contributed by atoms with E-state index in [1.807, 2.05) is 6.92 Å². The summed E-state index contributed by atoms with van der Waals surface area (Å²) in [5, 5.41) is 2.82. The Labute approximate surface area is 141 Å². The molecule has 0 saturated carbocycles. The number of hydrogen-bond acceptors (Lipinski definition) is 4. The van der Waals surface area contributed by atoms with E-state index in [1.165, 1.54) is 4.31 Å². The Kier molecular flexibility index (Phi) is 4.53. The maximum absolute atomic E-state index is 12.2. The van der Waals surface area contributed by atoms with E-state index in [9.17, 15) is 13.2 Å². The highest BCUT2D eigenvalue weighted by atomic mass is 32.2. The van der Waals surface area contributed by atoms with E-state index in [4.69, 9.17) is 0 Å². The number of benzene rings is 1. The largest absolute Gasteiger partial charge is 0.322 e. The molecule has 2 aromatic rings. The summed E-state index contributed by atoms with van der Waals surface area (Å²) in [6.07, 6.45) is 4.69. The third-order valence-corrected chi connectivity index (χ3v) is 5.87. The predicted molar refractivity (Wildman–Crippen MR) is 93.7 cm³/mol. The minimum atomic E-state index is -3.24. The summed E-state index contributed by atoms with van der Waals surface area (Å²) in [5.41, 5.74) is 2.64. The van der Waals surface area contributed by atoms with Gasteiger partial charge in [0.2, 0.25) is 10.0 Å². The first-order chi connectivity index (χ1) is 11.5. The van der Waals surface area contributed by atoms with Crippen molar-refractivity contribution in [1.82, 2.24) is 4.98 Å². The summed E-state index contributed by atoms with van der Waals surface area (Å²) in [7, 11) is -3.24. The van der Waals surface area contributed by atoms with Crippen molar-refractivity contribution in [3.63, 3.8) is 0 Å². The second-order valence-electron chi connectivity index (χ2n) is 5.79. The Morgan fingerprint density at radius 3 is 2.58 bits per heavy atom. The smallest absolute Gasteiger partial charge is 0.255 e. The number of sulfonamides is 1. The quantitative estimate of drug-likeness (QED) is 0.927. The summed E-state index contributed by atoms with van der Waals surface area (Å²) in [6.45, 7) is 2.35. The fraction of sp³-hybridized carbons (Fsp3) is 0.294. The van der Waals surface area contributed by atoms with Gasteiger partial charge in [-0.3, -0.25) is 14.1 Å². The van der Waals surface area contributed by atoms with Gasteiger partial charge < -0.3 is 5.32 Å². The molecule has 0 aliphatic carbocycles. The molecule has 1 aromatic heterocycles. The molecule has 1 aliphatic rings. The van der Waals surface area contributed by atoms with Crippen LogP contribution in [0, 0.1) is 6.92 Å². The number of anilines is 2. The zero-order valence-electron chi connectivity index (χ0n) is 13.4. The molecule has 2 heterocycles. The molecule has 0 unspecified atom stereocenters. The van der Waals surface area contributed by atoms with Crippen LogP contribution in [-0.2, 0) is 10.0 Å². The van der Waals surface area contributed by atoms with Gasteiger partial charge in [0.25, 0.3) is 5.91 Å². The Bertz CT molecular complexity index is 851. The zero-order chi connectivity index (χ0) is 17.2. The first kappa shape index (κ1) is 16.4. The first-order valence-electron chi connectivity index (χ1n) is 7.80. The van der Waals surface area contributed by atoms with Gasteiger partial charge in [0.1, 0.15) is 0 Å². The molecule has 1 saturated heterocycles. The second kappa shape index (κ2) is 6.60. The number of rotatable bonds is 3. The van der Waals surface area contributed by atoms with Crippen LogP contribution in [0.4, 0.5) is 11.4 Å². The normalized spacial score (nSPS) is 16.6. The van der Waals surface area contributed by atoms with Gasteiger partial charge >= 0.3 is 0 Å². The van der Waals surface area contributed by atoms with Crippen molar-refractivity contribution in [2.75, 3.05) is 21.9 Å². The molecule has 0 spiro atoms. The Hall–Kier alpha value is -2.41. The van der Waals surface area contributed by atoms with Crippen LogP contribution in [0.3, 0.4) is 0 Å². The number of carbonyl (C=O) groups is 1. The van der Waals surface area contributed by atoms with Crippen LogP contribution in [0.2, 0.25) is 0 Å². The molecule has 3 rings (SSSR count). The topological polar surface area (TPSA) is 79.4 Å². The highest BCUT2D eigenvalue weighted by Crippen LogP contribution is 2.29. The lowest BCUT2D eigenvalue weighted by Crippen LogP contribution is -2.38. The molecule has 1 amide bonds. The molecule has 24 heavy (non-hydrogen) atoms. The van der Waals surface area contributed by atoms with Crippen molar-refractivity contribution in [2.24, 2.45) is 0 Å².